The molecule has 0 saturated heterocycles. The summed E-state index contributed by atoms with van der Waals surface area (Å²) in [5.41, 5.74) is -4.60. The van der Waals surface area contributed by atoms with E-state index >= 15 is 0 Å². The maximum atomic E-state index is 12.8. The summed E-state index contributed by atoms with van der Waals surface area (Å²) in [7, 11) is -5.61. The maximum absolute atomic E-state index is 12.8. The molecule has 0 spiro atoms. The molecule has 0 aromatic heterocycles. The van der Waals surface area contributed by atoms with Crippen LogP contribution in [-0.2, 0) is 20.3 Å². The Kier molecular flexibility index (Phi) is 5.69. The summed E-state index contributed by atoms with van der Waals surface area (Å²) in [6.45, 7) is 1.57. The van der Waals surface area contributed by atoms with Gasteiger partial charge in [0, 0.05) is 0 Å². The molecule has 0 aliphatic carbocycles. The summed E-state index contributed by atoms with van der Waals surface area (Å²) in [6, 6.07) is 8.92. The van der Waals surface area contributed by atoms with Crippen LogP contribution in [0.5, 0.6) is 0 Å². The van der Waals surface area contributed by atoms with Crippen LogP contribution in [0.4, 0.5) is 13.2 Å². The Morgan fingerprint density at radius 3 is 1.82 bits per heavy atom. The Morgan fingerprint density at radius 1 is 1.00 bits per heavy atom. The molecule has 8 heteroatoms. The van der Waals surface area contributed by atoms with E-state index in [4.69, 9.17) is 3.97 Å². The van der Waals surface area contributed by atoms with Gasteiger partial charge in [-0.1, -0.05) is 0 Å². The summed E-state index contributed by atoms with van der Waals surface area (Å²) < 4.78 is 66.6. The van der Waals surface area contributed by atoms with Crippen LogP contribution in [0.3, 0.4) is 0 Å². The van der Waals surface area contributed by atoms with E-state index in [1.165, 1.54) is 0 Å². The molecule has 0 amide bonds. The fourth-order valence-electron chi connectivity index (χ4n) is 2.56. The van der Waals surface area contributed by atoms with Crippen LogP contribution >= 0.6 is 6.83 Å². The summed E-state index contributed by atoms with van der Waals surface area (Å²) in [4.78, 5) is 0. The van der Waals surface area contributed by atoms with E-state index in [-0.39, 0.29) is 24.6 Å². The minimum atomic E-state index is -5.61. The second-order valence-electron chi connectivity index (χ2n) is 5.42. The van der Waals surface area contributed by atoms with E-state index < -0.39 is 22.5 Å². The number of alkyl halides is 3. The van der Waals surface area contributed by atoms with Gasteiger partial charge in [0.1, 0.15) is 0 Å². The average Bonchev–Trinajstić information content (AvgIpc) is 2.46. The van der Waals surface area contributed by atoms with Gasteiger partial charge < -0.3 is 0 Å². The van der Waals surface area contributed by atoms with Gasteiger partial charge in [-0.2, -0.15) is 0 Å². The number of hydrogen-bond donors (Lipinski definition) is 0. The van der Waals surface area contributed by atoms with E-state index in [9.17, 15) is 21.6 Å². The summed E-state index contributed by atoms with van der Waals surface area (Å²) in [6.07, 6.45) is 1.07. The van der Waals surface area contributed by atoms with Crippen LogP contribution in [0.15, 0.2) is 30.3 Å². The van der Waals surface area contributed by atoms with E-state index in [2.05, 4.69) is 0 Å². The van der Waals surface area contributed by atoms with Crippen LogP contribution in [-0.4, -0.2) is 32.4 Å². The monoisotopic (exact) mass is 358 g/mol. The summed E-state index contributed by atoms with van der Waals surface area (Å²) in [5.74, 6) is 0. The quantitative estimate of drug-likeness (QED) is 0.529. The van der Waals surface area contributed by atoms with Crippen molar-refractivity contribution in [2.24, 2.45) is 0 Å². The Labute approximate surface area is 130 Å². The van der Waals surface area contributed by atoms with E-state index in [1.54, 1.807) is 51.1 Å². The van der Waals surface area contributed by atoms with E-state index in [0.717, 1.165) is 5.56 Å². The third-order valence-corrected chi connectivity index (χ3v) is 13.4. The normalized spacial score (nSPS) is 15.3. The van der Waals surface area contributed by atoms with E-state index in [1.807, 2.05) is 0 Å². The van der Waals surface area contributed by atoms with Crippen molar-refractivity contribution < 1.29 is 25.6 Å². The summed E-state index contributed by atoms with van der Waals surface area (Å²) >= 11 is 0. The molecule has 1 rings (SSSR count). The van der Waals surface area contributed by atoms with Crippen molar-refractivity contribution >= 4 is 16.9 Å². The number of benzene rings is 1. The van der Waals surface area contributed by atoms with Gasteiger partial charge in [-0.25, -0.2) is 0 Å². The van der Waals surface area contributed by atoms with Crippen molar-refractivity contribution in [3.8, 4) is 0 Å². The summed E-state index contributed by atoms with van der Waals surface area (Å²) in [5, 5.41) is 0. The minimum absolute atomic E-state index is 0.227. The first-order valence-corrected chi connectivity index (χ1v) is 11.4. The molecule has 0 radical (unpaired) electrons. The molecule has 22 heavy (non-hydrogen) atoms. The first-order valence-electron chi connectivity index (χ1n) is 7.10. The van der Waals surface area contributed by atoms with Crippen LogP contribution in [0, 0.1) is 0 Å². The second-order valence-corrected chi connectivity index (χ2v) is 13.3. The molecule has 0 saturated carbocycles. The Morgan fingerprint density at radius 2 is 1.45 bits per heavy atom. The predicted octanol–water partition coefficient (Wildman–Crippen LogP) is 4.58. The zero-order chi connectivity index (χ0) is 17.1. The van der Waals surface area contributed by atoms with Gasteiger partial charge in [-0.05, 0) is 0 Å². The van der Waals surface area contributed by atoms with Crippen molar-refractivity contribution in [1.82, 2.24) is 0 Å². The third kappa shape index (κ3) is 3.81. The van der Waals surface area contributed by atoms with Gasteiger partial charge in [-0.3, -0.25) is 0 Å². The number of halogens is 3. The molecule has 0 fully saturated rings. The van der Waals surface area contributed by atoms with E-state index in [0.29, 0.717) is 0 Å². The number of hydrogen-bond acceptors (Lipinski definition) is 3. The SMILES string of the molecule is CCP(CC)(CC)(Cc1ccccc1)OS(=O)(=O)C(F)(F)F. The first-order chi connectivity index (χ1) is 10.0. The first kappa shape index (κ1) is 19.4. The molecule has 0 N–H and O–H groups in total. The molecule has 0 unspecified atom stereocenters. The van der Waals surface area contributed by atoms with Crippen molar-refractivity contribution in [3.63, 3.8) is 0 Å². The number of rotatable bonds is 7. The topological polar surface area (TPSA) is 43.4 Å². The molecule has 1 aromatic carbocycles. The molecule has 3 nitrogen and oxygen atoms in total. The van der Waals surface area contributed by atoms with Gasteiger partial charge in [0.2, 0.25) is 0 Å². The second kappa shape index (κ2) is 6.46. The fraction of sp³-hybridized carbons (Fsp3) is 0.571. The van der Waals surface area contributed by atoms with Gasteiger partial charge in [0.05, 0.1) is 0 Å². The zero-order valence-corrected chi connectivity index (χ0v) is 14.6. The van der Waals surface area contributed by atoms with Crippen LogP contribution in [0.1, 0.15) is 26.3 Å². The molecule has 0 bridgehead atoms. The van der Waals surface area contributed by atoms with Crippen LogP contribution in [0.2, 0.25) is 0 Å². The van der Waals surface area contributed by atoms with Crippen molar-refractivity contribution in [3.05, 3.63) is 35.9 Å². The molecule has 0 atom stereocenters. The van der Waals surface area contributed by atoms with Crippen LogP contribution < -0.4 is 0 Å². The molecular formula is C14H22F3O3PS. The van der Waals surface area contributed by atoms with Gasteiger partial charge in [0.25, 0.3) is 0 Å². The predicted molar refractivity (Wildman–Crippen MR) is 84.7 cm³/mol. The molecule has 128 valence electrons. The zero-order valence-electron chi connectivity index (χ0n) is 12.9. The van der Waals surface area contributed by atoms with Gasteiger partial charge in [-0.15, -0.1) is 0 Å². The molecule has 0 heterocycles. The van der Waals surface area contributed by atoms with Crippen molar-refractivity contribution in [2.75, 3.05) is 18.5 Å². The Balaban J connectivity index is 3.36. The Bertz CT molecular complexity index is 584. The molecule has 0 aliphatic heterocycles. The molecule has 0 aliphatic rings. The van der Waals surface area contributed by atoms with Gasteiger partial charge in [0.15, 0.2) is 0 Å². The Hall–Kier alpha value is -0.650. The fourth-order valence-corrected chi connectivity index (χ4v) is 9.74. The standard InChI is InChI=1S/C14H22F3O3PS/c1-4-21(5-2,6-3,12-13-10-8-7-9-11-13)20-22(18,19)14(15,16)17/h7-11H,4-6,12H2,1-3H3. The van der Waals surface area contributed by atoms with Crippen molar-refractivity contribution in [1.29, 1.82) is 0 Å². The molecular weight excluding hydrogens is 336 g/mol. The third-order valence-electron chi connectivity index (χ3n) is 4.42. The van der Waals surface area contributed by atoms with Gasteiger partial charge >= 0.3 is 129 Å². The van der Waals surface area contributed by atoms with Crippen LogP contribution in [0.25, 0.3) is 0 Å². The van der Waals surface area contributed by atoms with Crippen molar-refractivity contribution in [2.45, 2.75) is 32.4 Å². The molecule has 1 aromatic rings. The average molecular weight is 358 g/mol.